The number of benzene rings is 2. The van der Waals surface area contributed by atoms with E-state index in [9.17, 15) is 8.78 Å². The van der Waals surface area contributed by atoms with E-state index in [2.05, 4.69) is 15.1 Å². The lowest BCUT2D eigenvalue weighted by atomic mass is 9.98. The van der Waals surface area contributed by atoms with Crippen molar-refractivity contribution >= 4 is 22.6 Å². The van der Waals surface area contributed by atoms with Gasteiger partial charge in [-0.3, -0.25) is 0 Å². The number of hydrogen-bond acceptors (Lipinski definition) is 3. The van der Waals surface area contributed by atoms with Crippen LogP contribution in [0.5, 0.6) is 0 Å². The van der Waals surface area contributed by atoms with Crippen LogP contribution in [-0.4, -0.2) is 24.3 Å². The topological polar surface area (TPSA) is 48.5 Å². The molecule has 2 aliphatic heterocycles. The molecule has 0 aliphatic carbocycles. The Hall–Kier alpha value is -2.80. The summed E-state index contributed by atoms with van der Waals surface area (Å²) in [5, 5.41) is 4.38. The molecule has 1 unspecified atom stereocenters. The molecule has 0 spiro atoms. The predicted octanol–water partition coefficient (Wildman–Crippen LogP) is 4.12. The molecule has 2 aromatic carbocycles. The Morgan fingerprint density at radius 1 is 1.12 bits per heavy atom. The molecule has 0 saturated carbocycles. The fraction of sp³-hybridized carbons (Fsp3) is 0.167. The first-order valence-corrected chi connectivity index (χ1v) is 8.56. The van der Waals surface area contributed by atoms with E-state index in [1.54, 1.807) is 16.8 Å². The summed E-state index contributed by atoms with van der Waals surface area (Å²) in [6, 6.07) is 7.38. The molecule has 2 aromatic heterocycles. The molecule has 0 radical (unpaired) electrons. The van der Waals surface area contributed by atoms with Crippen LogP contribution in [-0.2, 0) is 0 Å². The molecular formula is C18H10ClF2N5. The average molecular weight is 370 g/mol. The van der Waals surface area contributed by atoms with Gasteiger partial charge in [-0.15, -0.1) is 0 Å². The second-order valence-electron chi connectivity index (χ2n) is 6.59. The number of imidazole rings is 1. The third-order valence-corrected chi connectivity index (χ3v) is 5.60. The molecule has 8 heteroatoms. The van der Waals surface area contributed by atoms with Crippen LogP contribution in [0.1, 0.15) is 29.9 Å². The van der Waals surface area contributed by atoms with E-state index in [0.29, 0.717) is 34.7 Å². The lowest BCUT2D eigenvalue weighted by Gasteiger charge is -2.18. The Balaban J connectivity index is 1.77. The Bertz CT molecular complexity index is 1230. The maximum Gasteiger partial charge on any atom is 0.159 e. The van der Waals surface area contributed by atoms with Gasteiger partial charge in [-0.05, 0) is 12.1 Å². The van der Waals surface area contributed by atoms with E-state index in [-0.39, 0.29) is 22.9 Å². The molecular weight excluding hydrogens is 360 g/mol. The standard InChI is InChI=1S/C18H10ClF2N5/c19-9-4-13-12(5-11(9)21)24-18-15-6-14(25(13)18)16-8(2-1-3-10(16)20)17-22-7-23-26(15)17/h1-5,7,14-15H,6H2/t14-,15?/m0/s1. The molecule has 4 heterocycles. The van der Waals surface area contributed by atoms with Crippen molar-refractivity contribution in [3.05, 3.63) is 64.7 Å². The fourth-order valence-electron chi connectivity index (χ4n) is 4.29. The van der Waals surface area contributed by atoms with Crippen molar-refractivity contribution in [3.8, 4) is 11.4 Å². The number of halogens is 3. The van der Waals surface area contributed by atoms with Gasteiger partial charge < -0.3 is 4.57 Å². The summed E-state index contributed by atoms with van der Waals surface area (Å²) in [5.41, 5.74) is 2.47. The zero-order valence-corrected chi connectivity index (χ0v) is 14.0. The largest absolute Gasteiger partial charge is 0.318 e. The van der Waals surface area contributed by atoms with Crippen molar-refractivity contribution in [1.29, 1.82) is 0 Å². The third-order valence-electron chi connectivity index (χ3n) is 5.31. The van der Waals surface area contributed by atoms with Crippen LogP contribution < -0.4 is 0 Å². The van der Waals surface area contributed by atoms with Crippen LogP contribution in [0.25, 0.3) is 22.4 Å². The highest BCUT2D eigenvalue weighted by atomic mass is 35.5. The lowest BCUT2D eigenvalue weighted by Crippen LogP contribution is -2.13. The van der Waals surface area contributed by atoms with Gasteiger partial charge in [-0.1, -0.05) is 23.7 Å². The van der Waals surface area contributed by atoms with E-state index in [1.165, 1.54) is 18.5 Å². The van der Waals surface area contributed by atoms with Gasteiger partial charge >= 0.3 is 0 Å². The van der Waals surface area contributed by atoms with Gasteiger partial charge in [0.15, 0.2) is 5.82 Å². The van der Waals surface area contributed by atoms with Crippen molar-refractivity contribution in [3.63, 3.8) is 0 Å². The second kappa shape index (κ2) is 4.67. The molecule has 128 valence electrons. The van der Waals surface area contributed by atoms with Gasteiger partial charge in [-0.25, -0.2) is 23.4 Å². The molecule has 26 heavy (non-hydrogen) atoms. The molecule has 4 aromatic rings. The Morgan fingerprint density at radius 2 is 2.00 bits per heavy atom. The zero-order chi connectivity index (χ0) is 17.6. The SMILES string of the molecule is Fc1cc2nc3n(c2cc1Cl)[C@H]1CC3n2ncnc2-c2cccc(F)c21. The molecule has 0 amide bonds. The van der Waals surface area contributed by atoms with Gasteiger partial charge in [0.25, 0.3) is 0 Å². The fourth-order valence-corrected chi connectivity index (χ4v) is 4.45. The Labute approximate surface area is 150 Å². The highest BCUT2D eigenvalue weighted by Crippen LogP contribution is 2.49. The summed E-state index contributed by atoms with van der Waals surface area (Å²) in [7, 11) is 0. The first-order chi connectivity index (χ1) is 12.6. The van der Waals surface area contributed by atoms with E-state index >= 15 is 0 Å². The number of nitrogens with zero attached hydrogens (tertiary/aromatic N) is 5. The zero-order valence-electron chi connectivity index (χ0n) is 13.2. The van der Waals surface area contributed by atoms with Gasteiger partial charge in [0.2, 0.25) is 0 Å². The Kier molecular flexibility index (Phi) is 2.59. The monoisotopic (exact) mass is 369 g/mol. The summed E-state index contributed by atoms with van der Waals surface area (Å²) in [4.78, 5) is 8.95. The number of fused-ring (bicyclic) bond motifs is 6. The number of aromatic nitrogens is 5. The normalized spacial score (nSPS) is 20.0. The molecule has 2 atom stereocenters. The van der Waals surface area contributed by atoms with Crippen LogP contribution in [0, 0.1) is 11.6 Å². The van der Waals surface area contributed by atoms with Crippen molar-refractivity contribution in [2.45, 2.75) is 18.5 Å². The van der Waals surface area contributed by atoms with Crippen LogP contribution >= 0.6 is 11.6 Å². The van der Waals surface area contributed by atoms with Crippen molar-refractivity contribution in [2.75, 3.05) is 0 Å². The molecule has 0 N–H and O–H groups in total. The molecule has 0 fully saturated rings. The van der Waals surface area contributed by atoms with Gasteiger partial charge in [-0.2, -0.15) is 5.10 Å². The van der Waals surface area contributed by atoms with Crippen LogP contribution in [0.3, 0.4) is 0 Å². The summed E-state index contributed by atoms with van der Waals surface area (Å²) >= 11 is 6.00. The highest BCUT2D eigenvalue weighted by molar-refractivity contribution is 6.31. The predicted molar refractivity (Wildman–Crippen MR) is 91.0 cm³/mol. The van der Waals surface area contributed by atoms with Gasteiger partial charge in [0.1, 0.15) is 29.8 Å². The van der Waals surface area contributed by atoms with Crippen LogP contribution in [0.15, 0.2) is 36.7 Å². The summed E-state index contributed by atoms with van der Waals surface area (Å²) in [6.45, 7) is 0. The lowest BCUT2D eigenvalue weighted by molar-refractivity contribution is 0.495. The van der Waals surface area contributed by atoms with E-state index in [0.717, 1.165) is 5.56 Å². The van der Waals surface area contributed by atoms with Crippen molar-refractivity contribution in [1.82, 2.24) is 24.3 Å². The van der Waals surface area contributed by atoms with Gasteiger partial charge in [0.05, 0.1) is 22.1 Å². The molecule has 6 rings (SSSR count). The number of hydrogen-bond donors (Lipinski definition) is 0. The summed E-state index contributed by atoms with van der Waals surface area (Å²) in [6.07, 6.45) is 2.07. The minimum atomic E-state index is -0.521. The summed E-state index contributed by atoms with van der Waals surface area (Å²) < 4.78 is 32.5. The highest BCUT2D eigenvalue weighted by Gasteiger charge is 2.43. The first-order valence-electron chi connectivity index (χ1n) is 8.18. The maximum absolute atomic E-state index is 14.9. The molecule has 2 bridgehead atoms. The minimum absolute atomic E-state index is 0.0228. The van der Waals surface area contributed by atoms with Gasteiger partial charge in [0, 0.05) is 23.6 Å². The smallest absolute Gasteiger partial charge is 0.159 e. The van der Waals surface area contributed by atoms with Crippen LogP contribution in [0.4, 0.5) is 8.78 Å². The van der Waals surface area contributed by atoms with E-state index in [1.807, 2.05) is 10.6 Å². The van der Waals surface area contributed by atoms with E-state index in [4.69, 9.17) is 11.6 Å². The third kappa shape index (κ3) is 1.61. The van der Waals surface area contributed by atoms with Crippen molar-refractivity contribution in [2.24, 2.45) is 0 Å². The minimum Gasteiger partial charge on any atom is -0.318 e. The summed E-state index contributed by atoms with van der Waals surface area (Å²) in [5.74, 6) is 0.513. The molecule has 2 aliphatic rings. The Morgan fingerprint density at radius 3 is 2.88 bits per heavy atom. The van der Waals surface area contributed by atoms with Crippen molar-refractivity contribution < 1.29 is 8.78 Å². The molecule has 5 nitrogen and oxygen atoms in total. The number of rotatable bonds is 0. The van der Waals surface area contributed by atoms with Crippen LogP contribution in [0.2, 0.25) is 5.02 Å². The second-order valence-corrected chi connectivity index (χ2v) is 7.00. The quantitative estimate of drug-likeness (QED) is 0.468. The molecule has 0 saturated heterocycles. The first kappa shape index (κ1) is 14.4. The maximum atomic E-state index is 14.9. The average Bonchev–Trinajstić information content (AvgIpc) is 3.28. The van der Waals surface area contributed by atoms with E-state index < -0.39 is 5.82 Å².